The maximum Gasteiger partial charge on any atom is 0.407 e. The Morgan fingerprint density at radius 3 is 2.20 bits per heavy atom. The fraction of sp³-hybridized carbons (Fsp3) is 0.769. The van der Waals surface area contributed by atoms with Gasteiger partial charge < -0.3 is 19.8 Å². The van der Waals surface area contributed by atoms with Crippen LogP contribution in [0.25, 0.3) is 0 Å². The molecule has 1 saturated carbocycles. The van der Waals surface area contributed by atoms with E-state index in [4.69, 9.17) is 19.7 Å². The molecule has 2 aliphatic rings. The molecule has 0 unspecified atom stereocenters. The standard InChI is InChI=1S/C11H17NO4.C2H4O2/c1-7(13)16-10-4-2-3-9-8(10)5-6-12(9)11(14)15;1-2(3)4/h8-10H,2-6H2,1H3,(H,14,15);1H3,(H,3,4)/t8-,9-,10+;/m0./s1. The molecule has 20 heavy (non-hydrogen) atoms. The summed E-state index contributed by atoms with van der Waals surface area (Å²) in [6, 6.07) is 0.0515. The Kier molecular flexibility index (Phi) is 5.79. The summed E-state index contributed by atoms with van der Waals surface area (Å²) in [5.41, 5.74) is 0. The first-order valence-electron chi connectivity index (χ1n) is 6.69. The molecule has 3 atom stereocenters. The fourth-order valence-corrected chi connectivity index (χ4v) is 3.02. The van der Waals surface area contributed by atoms with Gasteiger partial charge in [0.2, 0.25) is 0 Å². The molecule has 1 aliphatic carbocycles. The van der Waals surface area contributed by atoms with Gasteiger partial charge in [-0.15, -0.1) is 0 Å². The van der Waals surface area contributed by atoms with Gasteiger partial charge in [-0.1, -0.05) is 0 Å². The minimum absolute atomic E-state index is 0.0515. The number of carboxylic acid groups (broad SMARTS) is 2. The van der Waals surface area contributed by atoms with Crippen molar-refractivity contribution >= 4 is 18.0 Å². The average Bonchev–Trinajstić information content (AvgIpc) is 2.72. The van der Waals surface area contributed by atoms with Crippen LogP contribution < -0.4 is 0 Å². The van der Waals surface area contributed by atoms with Crippen LogP contribution in [0.3, 0.4) is 0 Å². The average molecular weight is 287 g/mol. The van der Waals surface area contributed by atoms with E-state index >= 15 is 0 Å². The van der Waals surface area contributed by atoms with Gasteiger partial charge in [0.15, 0.2) is 0 Å². The molecule has 1 heterocycles. The van der Waals surface area contributed by atoms with Gasteiger partial charge in [-0.25, -0.2) is 4.79 Å². The van der Waals surface area contributed by atoms with E-state index in [1.165, 1.54) is 11.8 Å². The summed E-state index contributed by atoms with van der Waals surface area (Å²) in [5, 5.41) is 16.5. The lowest BCUT2D eigenvalue weighted by atomic mass is 9.82. The zero-order chi connectivity index (χ0) is 15.3. The number of carbonyl (C=O) groups excluding carboxylic acids is 1. The third-order valence-electron chi connectivity index (χ3n) is 3.63. The molecule has 0 aromatic heterocycles. The monoisotopic (exact) mass is 287 g/mol. The molecule has 1 amide bonds. The highest BCUT2D eigenvalue weighted by Crippen LogP contribution is 2.37. The number of fused-ring (bicyclic) bond motifs is 1. The first-order chi connectivity index (χ1) is 9.32. The molecular formula is C13H21NO6. The van der Waals surface area contributed by atoms with Crippen molar-refractivity contribution in [3.05, 3.63) is 0 Å². The third-order valence-corrected chi connectivity index (χ3v) is 3.63. The SMILES string of the molecule is CC(=O)O.CC(=O)O[C@@H]1CCC[C@H]2[C@@H]1CCN2C(=O)O. The number of rotatable bonds is 1. The minimum atomic E-state index is -0.851. The summed E-state index contributed by atoms with van der Waals surface area (Å²) in [6.45, 7) is 3.07. The molecule has 0 aromatic carbocycles. The maximum absolute atomic E-state index is 11.0. The molecule has 1 aliphatic heterocycles. The Morgan fingerprint density at radius 2 is 1.70 bits per heavy atom. The second-order valence-electron chi connectivity index (χ2n) is 5.09. The zero-order valence-electron chi connectivity index (χ0n) is 11.7. The third kappa shape index (κ3) is 4.40. The van der Waals surface area contributed by atoms with E-state index in [0.29, 0.717) is 6.54 Å². The molecule has 1 saturated heterocycles. The van der Waals surface area contributed by atoms with E-state index in [2.05, 4.69) is 0 Å². The summed E-state index contributed by atoms with van der Waals surface area (Å²) in [7, 11) is 0. The second kappa shape index (κ2) is 7.12. The molecule has 114 valence electrons. The van der Waals surface area contributed by atoms with E-state index in [-0.39, 0.29) is 24.0 Å². The van der Waals surface area contributed by atoms with Crippen LogP contribution in [0.1, 0.15) is 39.5 Å². The molecule has 0 aromatic rings. The van der Waals surface area contributed by atoms with Crippen molar-refractivity contribution in [1.82, 2.24) is 4.90 Å². The predicted octanol–water partition coefficient (Wildman–Crippen LogP) is 1.56. The molecule has 2 N–H and O–H groups in total. The Morgan fingerprint density at radius 1 is 1.10 bits per heavy atom. The molecular weight excluding hydrogens is 266 g/mol. The van der Waals surface area contributed by atoms with Crippen LogP contribution in [0.2, 0.25) is 0 Å². The Labute approximate surface area is 117 Å². The molecule has 2 fully saturated rings. The second-order valence-corrected chi connectivity index (χ2v) is 5.09. The van der Waals surface area contributed by atoms with E-state index in [1.54, 1.807) is 0 Å². The van der Waals surface area contributed by atoms with Gasteiger partial charge in [0, 0.05) is 32.4 Å². The number of carboxylic acids is 1. The van der Waals surface area contributed by atoms with Gasteiger partial charge >= 0.3 is 12.1 Å². The molecule has 7 heteroatoms. The highest BCUT2D eigenvalue weighted by molar-refractivity contribution is 5.67. The Bertz CT molecular complexity index is 379. The Balaban J connectivity index is 0.000000444. The van der Waals surface area contributed by atoms with Crippen molar-refractivity contribution in [3.8, 4) is 0 Å². The normalized spacial score (nSPS) is 27.9. The molecule has 2 rings (SSSR count). The Hall–Kier alpha value is -1.79. The van der Waals surface area contributed by atoms with Crippen LogP contribution in [0.4, 0.5) is 4.79 Å². The van der Waals surface area contributed by atoms with Crippen LogP contribution in [-0.2, 0) is 14.3 Å². The van der Waals surface area contributed by atoms with Crippen molar-refractivity contribution in [1.29, 1.82) is 0 Å². The molecule has 0 spiro atoms. The van der Waals surface area contributed by atoms with Crippen LogP contribution in [0, 0.1) is 5.92 Å². The van der Waals surface area contributed by atoms with E-state index in [1.807, 2.05) is 0 Å². The quantitative estimate of drug-likeness (QED) is 0.709. The number of esters is 1. The minimum Gasteiger partial charge on any atom is -0.481 e. The lowest BCUT2D eigenvalue weighted by Crippen LogP contribution is -2.43. The fourth-order valence-electron chi connectivity index (χ4n) is 3.02. The largest absolute Gasteiger partial charge is 0.481 e. The molecule has 0 bridgehead atoms. The van der Waals surface area contributed by atoms with Gasteiger partial charge in [-0.2, -0.15) is 0 Å². The zero-order valence-corrected chi connectivity index (χ0v) is 11.7. The number of likely N-dealkylation sites (tertiary alicyclic amines) is 1. The van der Waals surface area contributed by atoms with E-state index in [0.717, 1.165) is 32.6 Å². The van der Waals surface area contributed by atoms with Crippen molar-refractivity contribution in [2.45, 2.75) is 51.7 Å². The van der Waals surface area contributed by atoms with Crippen molar-refractivity contribution in [2.75, 3.05) is 6.54 Å². The van der Waals surface area contributed by atoms with Gasteiger partial charge in [-0.05, 0) is 25.7 Å². The van der Waals surface area contributed by atoms with Crippen LogP contribution in [0.15, 0.2) is 0 Å². The number of hydrogen-bond donors (Lipinski definition) is 2. The molecule has 7 nitrogen and oxygen atoms in total. The summed E-state index contributed by atoms with van der Waals surface area (Å²) in [5.74, 6) is -0.895. The van der Waals surface area contributed by atoms with Crippen molar-refractivity contribution in [2.24, 2.45) is 5.92 Å². The van der Waals surface area contributed by atoms with Crippen LogP contribution >= 0.6 is 0 Å². The first-order valence-corrected chi connectivity index (χ1v) is 6.69. The topological polar surface area (TPSA) is 104 Å². The van der Waals surface area contributed by atoms with Gasteiger partial charge in [0.1, 0.15) is 6.10 Å². The summed E-state index contributed by atoms with van der Waals surface area (Å²) < 4.78 is 5.27. The number of nitrogens with zero attached hydrogens (tertiary/aromatic N) is 1. The van der Waals surface area contributed by atoms with E-state index in [9.17, 15) is 9.59 Å². The lowest BCUT2D eigenvalue weighted by molar-refractivity contribution is -0.151. The van der Waals surface area contributed by atoms with E-state index < -0.39 is 12.1 Å². The van der Waals surface area contributed by atoms with Crippen molar-refractivity contribution in [3.63, 3.8) is 0 Å². The predicted molar refractivity (Wildman–Crippen MR) is 69.3 cm³/mol. The summed E-state index contributed by atoms with van der Waals surface area (Å²) >= 11 is 0. The highest BCUT2D eigenvalue weighted by Gasteiger charge is 2.44. The van der Waals surface area contributed by atoms with Crippen LogP contribution in [-0.4, -0.2) is 51.8 Å². The lowest BCUT2D eigenvalue weighted by Gasteiger charge is -2.35. The number of carbonyl (C=O) groups is 3. The van der Waals surface area contributed by atoms with Gasteiger partial charge in [-0.3, -0.25) is 9.59 Å². The number of ether oxygens (including phenoxy) is 1. The number of amides is 1. The van der Waals surface area contributed by atoms with Crippen molar-refractivity contribution < 1.29 is 29.3 Å². The molecule has 0 radical (unpaired) electrons. The first kappa shape index (κ1) is 16.3. The van der Waals surface area contributed by atoms with Gasteiger partial charge in [0.05, 0.1) is 0 Å². The van der Waals surface area contributed by atoms with Crippen LogP contribution in [0.5, 0.6) is 0 Å². The maximum atomic E-state index is 11.0. The summed E-state index contributed by atoms with van der Waals surface area (Å²) in [6.07, 6.45) is 2.58. The highest BCUT2D eigenvalue weighted by atomic mass is 16.5. The van der Waals surface area contributed by atoms with Gasteiger partial charge in [0.25, 0.3) is 5.97 Å². The smallest absolute Gasteiger partial charge is 0.407 e. The number of aliphatic carboxylic acids is 1. The number of hydrogen-bond acceptors (Lipinski definition) is 4. The summed E-state index contributed by atoms with van der Waals surface area (Å²) in [4.78, 5) is 32.5.